The summed E-state index contributed by atoms with van der Waals surface area (Å²) in [6.07, 6.45) is -1.33. The minimum Gasteiger partial charge on any atom is -0.368 e. The van der Waals surface area contributed by atoms with E-state index in [2.05, 4.69) is 10.1 Å². The van der Waals surface area contributed by atoms with E-state index in [0.29, 0.717) is 58.8 Å². The van der Waals surface area contributed by atoms with Crippen LogP contribution in [0.15, 0.2) is 60.9 Å². The molecule has 11 heteroatoms. The fraction of sp³-hybridized carbons (Fsp3) is 0.208. The lowest BCUT2D eigenvalue weighted by atomic mass is 10.1. The molecule has 0 spiro atoms. The fourth-order valence-corrected chi connectivity index (χ4v) is 4.43. The lowest BCUT2D eigenvalue weighted by molar-refractivity contribution is -0.137. The Kier molecular flexibility index (Phi) is 6.06. The molecular weight excluding hydrogens is 502 g/mol. The monoisotopic (exact) mass is 519 g/mol. The van der Waals surface area contributed by atoms with Crippen LogP contribution >= 0.6 is 23.2 Å². The van der Waals surface area contributed by atoms with Crippen LogP contribution in [0.2, 0.25) is 10.0 Å². The first kappa shape index (κ1) is 23.4. The Morgan fingerprint density at radius 2 is 1.71 bits per heavy atom. The smallest absolute Gasteiger partial charge is 0.368 e. The summed E-state index contributed by atoms with van der Waals surface area (Å²) in [6, 6.07) is 12.2. The zero-order valence-corrected chi connectivity index (χ0v) is 19.6. The maximum absolute atomic E-state index is 13.3. The van der Waals surface area contributed by atoms with Crippen LogP contribution in [0.5, 0.6) is 0 Å². The summed E-state index contributed by atoms with van der Waals surface area (Å²) in [7, 11) is 0. The minimum atomic E-state index is -4.40. The third-order valence-corrected chi connectivity index (χ3v) is 6.69. The van der Waals surface area contributed by atoms with Gasteiger partial charge < -0.3 is 9.80 Å². The maximum Gasteiger partial charge on any atom is 0.416 e. The molecule has 1 fully saturated rings. The van der Waals surface area contributed by atoms with Gasteiger partial charge in [-0.15, -0.1) is 0 Å². The molecule has 1 aliphatic heterocycles. The number of aromatic nitrogens is 3. The van der Waals surface area contributed by atoms with Crippen LogP contribution in [-0.4, -0.2) is 51.6 Å². The average molecular weight is 520 g/mol. The molecule has 0 bridgehead atoms. The van der Waals surface area contributed by atoms with E-state index in [-0.39, 0.29) is 5.91 Å². The van der Waals surface area contributed by atoms with Gasteiger partial charge in [0.2, 0.25) is 0 Å². The lowest BCUT2D eigenvalue weighted by Gasteiger charge is -2.36. The number of amides is 1. The van der Waals surface area contributed by atoms with Gasteiger partial charge in [-0.3, -0.25) is 4.79 Å². The second kappa shape index (κ2) is 9.05. The van der Waals surface area contributed by atoms with Gasteiger partial charge in [-0.2, -0.15) is 18.3 Å². The number of piperazine rings is 1. The van der Waals surface area contributed by atoms with Gasteiger partial charge >= 0.3 is 6.18 Å². The summed E-state index contributed by atoms with van der Waals surface area (Å²) in [5, 5.41) is 5.20. The molecule has 2 aromatic carbocycles. The molecule has 35 heavy (non-hydrogen) atoms. The zero-order chi connectivity index (χ0) is 24.7. The Morgan fingerprint density at radius 1 is 0.943 bits per heavy atom. The van der Waals surface area contributed by atoms with Crippen LogP contribution in [0.25, 0.3) is 16.9 Å². The molecule has 0 N–H and O–H groups in total. The largest absolute Gasteiger partial charge is 0.416 e. The normalized spacial score (nSPS) is 14.5. The number of hydrogen-bond donors (Lipinski definition) is 0. The van der Waals surface area contributed by atoms with E-state index in [1.165, 1.54) is 12.3 Å². The fourth-order valence-electron chi connectivity index (χ4n) is 4.13. The van der Waals surface area contributed by atoms with Crippen molar-refractivity contribution in [3.63, 3.8) is 0 Å². The minimum absolute atomic E-state index is 0.234. The van der Waals surface area contributed by atoms with E-state index < -0.39 is 11.7 Å². The Labute approximate surface area is 208 Å². The Hall–Kier alpha value is -3.30. The van der Waals surface area contributed by atoms with Gasteiger partial charge in [-0.05, 0) is 36.4 Å². The van der Waals surface area contributed by atoms with Gasteiger partial charge in [0.25, 0.3) is 5.91 Å². The summed E-state index contributed by atoms with van der Waals surface area (Å²) in [4.78, 5) is 21.1. The Morgan fingerprint density at radius 3 is 2.43 bits per heavy atom. The number of halogens is 5. The van der Waals surface area contributed by atoms with Crippen LogP contribution in [-0.2, 0) is 6.18 Å². The van der Waals surface area contributed by atoms with Crippen LogP contribution in [0, 0.1) is 0 Å². The number of alkyl halides is 3. The van der Waals surface area contributed by atoms with Crippen LogP contribution in [0.1, 0.15) is 15.9 Å². The molecular formula is C24H18Cl2F3N5O. The molecule has 6 nitrogen and oxygen atoms in total. The van der Waals surface area contributed by atoms with E-state index in [4.69, 9.17) is 23.2 Å². The third kappa shape index (κ3) is 4.53. The number of carbonyl (C=O) groups excluding carboxylic acids is 1. The van der Waals surface area contributed by atoms with E-state index in [0.717, 1.165) is 17.7 Å². The molecule has 5 rings (SSSR count). The SMILES string of the molecule is O=C(c1cnn2c(-c3ccc(Cl)c(Cl)c3)ccnc12)N1CCN(c2cccc(C(F)(F)F)c2)CC1. The van der Waals surface area contributed by atoms with Crippen LogP contribution < -0.4 is 4.90 Å². The Balaban J connectivity index is 1.35. The highest BCUT2D eigenvalue weighted by atomic mass is 35.5. The molecule has 0 saturated carbocycles. The van der Waals surface area contributed by atoms with Crippen molar-refractivity contribution in [2.24, 2.45) is 0 Å². The number of benzene rings is 2. The van der Waals surface area contributed by atoms with Crippen molar-refractivity contribution in [2.45, 2.75) is 6.18 Å². The maximum atomic E-state index is 13.3. The standard InChI is InChI=1S/C24H18Cl2F3N5O/c25-19-5-4-15(12-20(19)26)21-6-7-30-22-18(14-31-34(21)22)23(35)33-10-8-32(9-11-33)17-3-1-2-16(13-17)24(27,28)29/h1-7,12-14H,8-11H2. The van der Waals surface area contributed by atoms with Gasteiger partial charge in [0.1, 0.15) is 5.56 Å². The van der Waals surface area contributed by atoms with Gasteiger partial charge in [-0.1, -0.05) is 35.3 Å². The number of hydrogen-bond acceptors (Lipinski definition) is 4. The number of anilines is 1. The molecule has 1 aliphatic rings. The van der Waals surface area contributed by atoms with E-state index in [1.807, 2.05) is 4.90 Å². The molecule has 0 aliphatic carbocycles. The first-order valence-corrected chi connectivity index (χ1v) is 11.5. The third-order valence-electron chi connectivity index (χ3n) is 5.95. The predicted octanol–water partition coefficient (Wildman–Crippen LogP) is 5.68. The van der Waals surface area contributed by atoms with Crippen molar-refractivity contribution in [1.82, 2.24) is 19.5 Å². The molecule has 3 heterocycles. The summed E-state index contributed by atoms with van der Waals surface area (Å²) in [6.45, 7) is 1.54. The van der Waals surface area contributed by atoms with Crippen LogP contribution in [0.4, 0.5) is 18.9 Å². The highest BCUT2D eigenvalue weighted by molar-refractivity contribution is 6.42. The average Bonchev–Trinajstić information content (AvgIpc) is 3.29. The molecule has 0 atom stereocenters. The second-order valence-electron chi connectivity index (χ2n) is 8.08. The molecule has 1 saturated heterocycles. The lowest BCUT2D eigenvalue weighted by Crippen LogP contribution is -2.48. The highest BCUT2D eigenvalue weighted by Crippen LogP contribution is 2.32. The van der Waals surface area contributed by atoms with E-state index >= 15 is 0 Å². The number of rotatable bonds is 3. The summed E-state index contributed by atoms with van der Waals surface area (Å²) < 4.78 is 40.8. The highest BCUT2D eigenvalue weighted by Gasteiger charge is 2.31. The molecule has 0 radical (unpaired) electrons. The number of nitrogens with zero attached hydrogens (tertiary/aromatic N) is 5. The van der Waals surface area contributed by atoms with Crippen molar-refractivity contribution in [3.8, 4) is 11.3 Å². The van der Waals surface area contributed by atoms with Crippen molar-refractivity contribution in [2.75, 3.05) is 31.1 Å². The van der Waals surface area contributed by atoms with E-state index in [1.54, 1.807) is 45.9 Å². The first-order valence-electron chi connectivity index (χ1n) is 10.7. The van der Waals surface area contributed by atoms with Gasteiger partial charge in [0.15, 0.2) is 5.65 Å². The zero-order valence-electron chi connectivity index (χ0n) is 18.1. The van der Waals surface area contributed by atoms with Crippen molar-refractivity contribution in [1.29, 1.82) is 0 Å². The molecule has 180 valence electrons. The predicted molar refractivity (Wildman–Crippen MR) is 128 cm³/mol. The topological polar surface area (TPSA) is 53.7 Å². The molecule has 2 aromatic heterocycles. The van der Waals surface area contributed by atoms with Gasteiger partial charge in [0.05, 0.1) is 27.5 Å². The number of carbonyl (C=O) groups is 1. The first-order chi connectivity index (χ1) is 16.7. The van der Waals surface area contributed by atoms with E-state index in [9.17, 15) is 18.0 Å². The molecule has 4 aromatic rings. The van der Waals surface area contributed by atoms with Crippen molar-refractivity contribution < 1.29 is 18.0 Å². The quantitative estimate of drug-likeness (QED) is 0.349. The van der Waals surface area contributed by atoms with Crippen molar-refractivity contribution in [3.05, 3.63) is 82.1 Å². The summed E-state index contributed by atoms with van der Waals surface area (Å²) >= 11 is 12.2. The molecule has 1 amide bonds. The van der Waals surface area contributed by atoms with Gasteiger partial charge in [-0.25, -0.2) is 9.50 Å². The van der Waals surface area contributed by atoms with Gasteiger partial charge in [0, 0.05) is 43.6 Å². The Bertz CT molecular complexity index is 1410. The second-order valence-corrected chi connectivity index (χ2v) is 8.89. The summed E-state index contributed by atoms with van der Waals surface area (Å²) in [5.74, 6) is -0.234. The number of fused-ring (bicyclic) bond motifs is 1. The molecule has 0 unspecified atom stereocenters. The summed E-state index contributed by atoms with van der Waals surface area (Å²) in [5.41, 5.74) is 2.00. The van der Waals surface area contributed by atoms with Crippen molar-refractivity contribution >= 4 is 40.4 Å². The van der Waals surface area contributed by atoms with Crippen LogP contribution in [0.3, 0.4) is 0 Å².